The quantitative estimate of drug-likeness (QED) is 0.330. The maximum absolute atomic E-state index is 9.10. The van der Waals surface area contributed by atoms with Crippen molar-refractivity contribution in [2.75, 3.05) is 27.3 Å². The minimum Gasteiger partial charge on any atom is -0.493 e. The van der Waals surface area contributed by atoms with Gasteiger partial charge in [-0.25, -0.2) is 9.59 Å². The van der Waals surface area contributed by atoms with E-state index in [0.717, 1.165) is 37.4 Å². The summed E-state index contributed by atoms with van der Waals surface area (Å²) in [6.07, 6.45) is 4.10. The Morgan fingerprint density at radius 2 is 1.60 bits per heavy atom. The highest BCUT2D eigenvalue weighted by molar-refractivity contribution is 6.27. The predicted molar refractivity (Wildman–Crippen MR) is 113 cm³/mol. The van der Waals surface area contributed by atoms with Crippen molar-refractivity contribution in [3.63, 3.8) is 0 Å². The first-order chi connectivity index (χ1) is 14.5. The van der Waals surface area contributed by atoms with Gasteiger partial charge in [0.25, 0.3) is 0 Å². The summed E-state index contributed by atoms with van der Waals surface area (Å²) in [5, 5.41) is 19.6. The Kier molecular flexibility index (Phi) is 8.71. The minimum absolute atomic E-state index is 0.772. The number of rotatable bonds is 8. The van der Waals surface area contributed by atoms with Crippen molar-refractivity contribution >= 4 is 22.8 Å². The molecule has 0 saturated heterocycles. The van der Waals surface area contributed by atoms with Gasteiger partial charge in [-0.1, -0.05) is 24.3 Å². The third-order valence-corrected chi connectivity index (χ3v) is 4.47. The fourth-order valence-corrected chi connectivity index (χ4v) is 2.96. The second-order valence-electron chi connectivity index (χ2n) is 6.41. The van der Waals surface area contributed by atoms with Gasteiger partial charge in [-0.2, -0.15) is 0 Å². The van der Waals surface area contributed by atoms with E-state index in [0.29, 0.717) is 0 Å². The number of carboxylic acid groups (broad SMARTS) is 2. The zero-order chi connectivity index (χ0) is 21.9. The Bertz CT molecular complexity index is 971. The SMILES string of the molecule is COc1ccc(CCNCCc2c[nH]c3ccccc23)cc1OC.O=C(O)C(=O)O. The molecule has 160 valence electrons. The van der Waals surface area contributed by atoms with Crippen molar-refractivity contribution in [3.8, 4) is 11.5 Å². The molecule has 0 aliphatic carbocycles. The number of fused-ring (bicyclic) bond motifs is 1. The van der Waals surface area contributed by atoms with Crippen LogP contribution in [0.3, 0.4) is 0 Å². The van der Waals surface area contributed by atoms with Crippen LogP contribution in [0.25, 0.3) is 10.9 Å². The zero-order valence-electron chi connectivity index (χ0n) is 17.0. The van der Waals surface area contributed by atoms with Gasteiger partial charge in [-0.3, -0.25) is 0 Å². The number of methoxy groups -OCH3 is 2. The van der Waals surface area contributed by atoms with Crippen LogP contribution in [-0.2, 0) is 22.4 Å². The average molecular weight is 414 g/mol. The molecule has 0 spiro atoms. The highest BCUT2D eigenvalue weighted by atomic mass is 16.5. The summed E-state index contributed by atoms with van der Waals surface area (Å²) < 4.78 is 10.6. The zero-order valence-corrected chi connectivity index (χ0v) is 17.0. The number of benzene rings is 2. The summed E-state index contributed by atoms with van der Waals surface area (Å²) in [6.45, 7) is 1.91. The summed E-state index contributed by atoms with van der Waals surface area (Å²) in [6, 6.07) is 14.5. The van der Waals surface area contributed by atoms with Crippen LogP contribution in [0.5, 0.6) is 11.5 Å². The van der Waals surface area contributed by atoms with Crippen molar-refractivity contribution < 1.29 is 29.3 Å². The number of aromatic nitrogens is 1. The molecule has 2 aromatic carbocycles. The molecule has 0 unspecified atom stereocenters. The highest BCUT2D eigenvalue weighted by Gasteiger charge is 2.05. The number of hydrogen-bond acceptors (Lipinski definition) is 5. The smallest absolute Gasteiger partial charge is 0.414 e. The largest absolute Gasteiger partial charge is 0.493 e. The van der Waals surface area contributed by atoms with Gasteiger partial charge in [0.05, 0.1) is 14.2 Å². The highest BCUT2D eigenvalue weighted by Crippen LogP contribution is 2.27. The van der Waals surface area contributed by atoms with E-state index >= 15 is 0 Å². The van der Waals surface area contributed by atoms with Crippen LogP contribution >= 0.6 is 0 Å². The number of nitrogens with one attached hydrogen (secondary N) is 2. The van der Waals surface area contributed by atoms with Gasteiger partial charge in [-0.05, 0) is 55.3 Å². The van der Waals surface area contributed by atoms with Crippen LogP contribution in [0.1, 0.15) is 11.1 Å². The number of H-pyrrole nitrogens is 1. The summed E-state index contributed by atoms with van der Waals surface area (Å²) >= 11 is 0. The van der Waals surface area contributed by atoms with E-state index in [-0.39, 0.29) is 0 Å². The Hall–Kier alpha value is -3.52. The van der Waals surface area contributed by atoms with E-state index in [1.165, 1.54) is 22.0 Å². The molecule has 0 atom stereocenters. The first kappa shape index (κ1) is 22.8. The van der Waals surface area contributed by atoms with E-state index in [4.69, 9.17) is 29.3 Å². The molecule has 8 nitrogen and oxygen atoms in total. The van der Waals surface area contributed by atoms with Crippen LogP contribution in [0.2, 0.25) is 0 Å². The van der Waals surface area contributed by atoms with Crippen LogP contribution < -0.4 is 14.8 Å². The third kappa shape index (κ3) is 6.52. The first-order valence-corrected chi connectivity index (χ1v) is 9.39. The fraction of sp³-hybridized carbons (Fsp3) is 0.273. The summed E-state index contributed by atoms with van der Waals surface area (Å²) in [7, 11) is 3.32. The molecular weight excluding hydrogens is 388 g/mol. The number of hydrogen-bond donors (Lipinski definition) is 4. The number of carbonyl (C=O) groups is 2. The number of ether oxygens (including phenoxy) is 2. The van der Waals surface area contributed by atoms with Gasteiger partial charge in [0.15, 0.2) is 11.5 Å². The van der Waals surface area contributed by atoms with Gasteiger partial charge in [-0.15, -0.1) is 0 Å². The maximum Gasteiger partial charge on any atom is 0.414 e. The fourth-order valence-electron chi connectivity index (χ4n) is 2.96. The summed E-state index contributed by atoms with van der Waals surface area (Å²) in [5.74, 6) is -2.09. The molecule has 0 radical (unpaired) electrons. The third-order valence-electron chi connectivity index (χ3n) is 4.47. The Morgan fingerprint density at radius 1 is 0.933 bits per heavy atom. The molecule has 1 aromatic heterocycles. The van der Waals surface area contributed by atoms with Crippen molar-refractivity contribution in [2.24, 2.45) is 0 Å². The summed E-state index contributed by atoms with van der Waals surface area (Å²) in [5.41, 5.74) is 3.81. The van der Waals surface area contributed by atoms with E-state index in [1.807, 2.05) is 12.1 Å². The maximum atomic E-state index is 9.10. The van der Waals surface area contributed by atoms with Crippen LogP contribution in [-0.4, -0.2) is 54.4 Å². The Balaban J connectivity index is 0.000000469. The van der Waals surface area contributed by atoms with Gasteiger partial charge in [0.1, 0.15) is 0 Å². The predicted octanol–water partition coefficient (Wildman–Crippen LogP) is 2.72. The lowest BCUT2D eigenvalue weighted by molar-refractivity contribution is -0.159. The second-order valence-corrected chi connectivity index (χ2v) is 6.41. The topological polar surface area (TPSA) is 121 Å². The van der Waals surface area contributed by atoms with Crippen LogP contribution in [0.4, 0.5) is 0 Å². The molecule has 0 bridgehead atoms. The Morgan fingerprint density at radius 3 is 2.27 bits per heavy atom. The molecule has 0 aliphatic heterocycles. The number of aromatic amines is 1. The van der Waals surface area contributed by atoms with Gasteiger partial charge in [0.2, 0.25) is 0 Å². The first-order valence-electron chi connectivity index (χ1n) is 9.39. The number of carboxylic acids is 2. The lowest BCUT2D eigenvalue weighted by Gasteiger charge is -2.10. The van der Waals surface area contributed by atoms with Crippen LogP contribution in [0.15, 0.2) is 48.7 Å². The lowest BCUT2D eigenvalue weighted by Crippen LogP contribution is -2.20. The molecule has 3 rings (SSSR count). The van der Waals surface area contributed by atoms with E-state index in [1.54, 1.807) is 14.2 Å². The molecular formula is C22H26N2O6. The van der Waals surface area contributed by atoms with E-state index < -0.39 is 11.9 Å². The van der Waals surface area contributed by atoms with E-state index in [9.17, 15) is 0 Å². The molecule has 3 aromatic rings. The average Bonchev–Trinajstić information content (AvgIpc) is 3.17. The Labute approximate surface area is 174 Å². The number of aliphatic carboxylic acids is 2. The van der Waals surface area contributed by atoms with Crippen LogP contribution in [0, 0.1) is 0 Å². The molecule has 4 N–H and O–H groups in total. The molecule has 0 fully saturated rings. The van der Waals surface area contributed by atoms with Gasteiger partial charge < -0.3 is 30.0 Å². The normalized spacial score (nSPS) is 10.2. The minimum atomic E-state index is -1.82. The molecule has 0 amide bonds. The standard InChI is InChI=1S/C20H24N2O2.C2H2O4/c1-23-19-8-7-15(13-20(19)24-2)9-11-21-12-10-16-14-22-18-6-4-3-5-17(16)18;3-1(4)2(5)6/h3-8,13-14,21-22H,9-12H2,1-2H3;(H,3,4)(H,5,6). The number of para-hydroxylation sites is 1. The molecule has 8 heteroatoms. The van der Waals surface area contributed by atoms with Crippen molar-refractivity contribution in [1.82, 2.24) is 10.3 Å². The van der Waals surface area contributed by atoms with Crippen molar-refractivity contribution in [1.29, 1.82) is 0 Å². The summed E-state index contributed by atoms with van der Waals surface area (Å²) in [4.78, 5) is 21.5. The van der Waals surface area contributed by atoms with E-state index in [2.05, 4.69) is 46.8 Å². The van der Waals surface area contributed by atoms with Gasteiger partial charge >= 0.3 is 11.9 Å². The molecule has 1 heterocycles. The molecule has 30 heavy (non-hydrogen) atoms. The second kappa shape index (κ2) is 11.5. The monoisotopic (exact) mass is 414 g/mol. The molecule has 0 aliphatic rings. The lowest BCUT2D eigenvalue weighted by atomic mass is 10.1. The van der Waals surface area contributed by atoms with Gasteiger partial charge in [0, 0.05) is 17.1 Å². The van der Waals surface area contributed by atoms with Crippen molar-refractivity contribution in [3.05, 3.63) is 59.8 Å². The molecule has 0 saturated carbocycles. The van der Waals surface area contributed by atoms with Crippen molar-refractivity contribution in [2.45, 2.75) is 12.8 Å².